The van der Waals surface area contributed by atoms with E-state index in [1.807, 2.05) is 30.3 Å². The van der Waals surface area contributed by atoms with Crippen LogP contribution in [-0.2, 0) is 23.6 Å². The number of hydrogen-bond donors (Lipinski definition) is 0. The molecule has 0 aliphatic heterocycles. The maximum Gasteiger partial charge on any atom is 0.279 e. The van der Waals surface area contributed by atoms with Crippen molar-refractivity contribution >= 4 is 60.7 Å². The van der Waals surface area contributed by atoms with Gasteiger partial charge in [-0.05, 0) is 42.0 Å². The maximum absolute atomic E-state index is 13.1. The quantitative estimate of drug-likeness (QED) is 0.328. The number of carbonyl (C=O) groups excluding carboxylic acids is 1. The minimum absolute atomic E-state index is 0.121. The molecule has 1 heterocycles. The Morgan fingerprint density at radius 3 is 2.38 bits per heavy atom. The fourth-order valence-corrected chi connectivity index (χ4v) is 6.79. The molecule has 0 unspecified atom stereocenters. The topological polar surface area (TPSA) is 71.7 Å². The number of hydrogen-bond acceptors (Lipinski definition) is 4. The van der Waals surface area contributed by atoms with Gasteiger partial charge in [-0.3, -0.25) is 4.79 Å². The summed E-state index contributed by atoms with van der Waals surface area (Å²) in [6, 6.07) is 18.6. The van der Waals surface area contributed by atoms with Gasteiger partial charge >= 0.3 is 0 Å². The van der Waals surface area contributed by atoms with Gasteiger partial charge in [0.2, 0.25) is 10.0 Å². The van der Waals surface area contributed by atoms with Crippen molar-refractivity contribution in [2.75, 3.05) is 6.54 Å². The lowest BCUT2D eigenvalue weighted by atomic mass is 10.2. The molecule has 10 heteroatoms. The van der Waals surface area contributed by atoms with Crippen LogP contribution < -0.4 is 4.80 Å². The highest BCUT2D eigenvalue weighted by Crippen LogP contribution is 2.29. The van der Waals surface area contributed by atoms with Gasteiger partial charge in [0.15, 0.2) is 4.80 Å². The number of carbonyl (C=O) groups is 1. The molecule has 0 spiro atoms. The highest BCUT2D eigenvalue weighted by Gasteiger charge is 2.23. The molecule has 1 amide bonds. The monoisotopic (exact) mass is 533 g/mol. The SMILES string of the molecule is CCN(Cc1ccccc1)S(=O)(=O)c1ccc(C(=O)N=c2sc3cc(Cl)cc(Cl)c3n2C)cc1. The second-order valence-electron chi connectivity index (χ2n) is 7.54. The second-order valence-corrected chi connectivity index (χ2v) is 11.3. The maximum atomic E-state index is 13.1. The smallest absolute Gasteiger partial charge is 0.279 e. The molecular formula is C24H21Cl2N3O3S2. The van der Waals surface area contributed by atoms with Crippen molar-refractivity contribution in [3.8, 4) is 0 Å². The first-order chi connectivity index (χ1) is 16.2. The Morgan fingerprint density at radius 1 is 1.06 bits per heavy atom. The second kappa shape index (κ2) is 10.0. The molecule has 0 saturated heterocycles. The van der Waals surface area contributed by atoms with Crippen LogP contribution in [0.4, 0.5) is 0 Å². The van der Waals surface area contributed by atoms with Gasteiger partial charge in [0.25, 0.3) is 5.91 Å². The van der Waals surface area contributed by atoms with E-state index in [1.165, 1.54) is 39.9 Å². The molecule has 0 bridgehead atoms. The van der Waals surface area contributed by atoms with Crippen molar-refractivity contribution in [1.29, 1.82) is 0 Å². The van der Waals surface area contributed by atoms with Crippen LogP contribution in [0.1, 0.15) is 22.8 Å². The number of nitrogens with zero attached hydrogens (tertiary/aromatic N) is 3. The van der Waals surface area contributed by atoms with E-state index in [9.17, 15) is 13.2 Å². The Kier molecular flexibility index (Phi) is 7.25. The number of amides is 1. The van der Waals surface area contributed by atoms with Crippen LogP contribution in [0, 0.1) is 0 Å². The standard InChI is InChI=1S/C24H21Cl2N3O3S2/c1-3-29(15-16-7-5-4-6-8-16)34(31,32)19-11-9-17(10-12-19)23(30)27-24-28(2)22-20(26)13-18(25)14-21(22)33-24/h4-14H,3,15H2,1-2H3. The van der Waals surface area contributed by atoms with Gasteiger partial charge in [-0.2, -0.15) is 9.30 Å². The van der Waals surface area contributed by atoms with Gasteiger partial charge in [-0.15, -0.1) is 0 Å². The van der Waals surface area contributed by atoms with E-state index in [4.69, 9.17) is 23.2 Å². The van der Waals surface area contributed by atoms with Crippen molar-refractivity contribution in [1.82, 2.24) is 8.87 Å². The molecule has 0 N–H and O–H groups in total. The van der Waals surface area contributed by atoms with Crippen LogP contribution in [-0.4, -0.2) is 29.7 Å². The van der Waals surface area contributed by atoms with Crippen molar-refractivity contribution in [2.24, 2.45) is 12.0 Å². The molecule has 0 fully saturated rings. The Morgan fingerprint density at radius 2 is 1.74 bits per heavy atom. The van der Waals surface area contributed by atoms with Crippen molar-refractivity contribution in [3.05, 3.63) is 92.7 Å². The summed E-state index contributed by atoms with van der Waals surface area (Å²) in [5.74, 6) is -0.482. The zero-order valence-corrected chi connectivity index (χ0v) is 21.5. The molecule has 4 aromatic rings. The molecule has 4 rings (SSSR count). The summed E-state index contributed by atoms with van der Waals surface area (Å²) < 4.78 is 30.2. The van der Waals surface area contributed by atoms with Crippen LogP contribution in [0.15, 0.2) is 76.6 Å². The summed E-state index contributed by atoms with van der Waals surface area (Å²) in [4.78, 5) is 17.6. The highest BCUT2D eigenvalue weighted by molar-refractivity contribution is 7.89. The van der Waals surface area contributed by atoms with Gasteiger partial charge in [0, 0.05) is 30.7 Å². The molecule has 6 nitrogen and oxygen atoms in total. The van der Waals surface area contributed by atoms with Crippen molar-refractivity contribution in [2.45, 2.75) is 18.4 Å². The fourth-order valence-electron chi connectivity index (χ4n) is 3.53. The molecule has 1 aromatic heterocycles. The van der Waals surface area contributed by atoms with Crippen LogP contribution in [0.2, 0.25) is 10.0 Å². The van der Waals surface area contributed by atoms with Gasteiger partial charge in [-0.25, -0.2) is 8.42 Å². The minimum Gasteiger partial charge on any atom is -0.318 e. The number of sulfonamides is 1. The molecule has 0 saturated carbocycles. The fraction of sp³-hybridized carbons (Fsp3) is 0.167. The summed E-state index contributed by atoms with van der Waals surface area (Å²) in [5.41, 5.74) is 1.92. The molecule has 34 heavy (non-hydrogen) atoms. The lowest BCUT2D eigenvalue weighted by molar-refractivity contribution is 0.0998. The molecule has 0 radical (unpaired) electrons. The Labute approximate surface area is 211 Å². The first-order valence-corrected chi connectivity index (χ1v) is 13.4. The summed E-state index contributed by atoms with van der Waals surface area (Å²) in [6.45, 7) is 2.38. The van der Waals surface area contributed by atoms with Crippen molar-refractivity contribution < 1.29 is 13.2 Å². The molecule has 0 aliphatic carbocycles. The van der Waals surface area contributed by atoms with Crippen LogP contribution >= 0.6 is 34.5 Å². The average molecular weight is 534 g/mol. The van der Waals surface area contributed by atoms with E-state index in [2.05, 4.69) is 4.99 Å². The van der Waals surface area contributed by atoms with Crippen molar-refractivity contribution in [3.63, 3.8) is 0 Å². The number of benzene rings is 3. The largest absolute Gasteiger partial charge is 0.318 e. The highest BCUT2D eigenvalue weighted by atomic mass is 35.5. The van der Waals surface area contributed by atoms with E-state index >= 15 is 0 Å². The van der Waals surface area contributed by atoms with E-state index in [0.717, 1.165) is 15.8 Å². The van der Waals surface area contributed by atoms with Crippen LogP contribution in [0.3, 0.4) is 0 Å². The van der Waals surface area contributed by atoms with E-state index < -0.39 is 15.9 Å². The molecular weight excluding hydrogens is 513 g/mol. The summed E-state index contributed by atoms with van der Waals surface area (Å²) >= 11 is 13.7. The lowest BCUT2D eigenvalue weighted by Crippen LogP contribution is -2.30. The number of thiazole rings is 1. The van der Waals surface area contributed by atoms with Gasteiger partial charge in [0.05, 0.1) is 20.1 Å². The normalized spacial score (nSPS) is 12.6. The molecule has 0 atom stereocenters. The zero-order chi connectivity index (χ0) is 24.5. The number of fused-ring (bicyclic) bond motifs is 1. The first kappa shape index (κ1) is 24.6. The van der Waals surface area contributed by atoms with Gasteiger partial charge < -0.3 is 4.57 Å². The summed E-state index contributed by atoms with van der Waals surface area (Å²) in [5, 5.41) is 0.975. The molecule has 3 aromatic carbocycles. The first-order valence-electron chi connectivity index (χ1n) is 10.4. The third-order valence-electron chi connectivity index (χ3n) is 5.31. The number of aromatic nitrogens is 1. The lowest BCUT2D eigenvalue weighted by Gasteiger charge is -2.20. The molecule has 176 valence electrons. The third-order valence-corrected chi connectivity index (χ3v) is 8.83. The van der Waals surface area contributed by atoms with E-state index in [1.54, 1.807) is 30.7 Å². The van der Waals surface area contributed by atoms with E-state index in [-0.39, 0.29) is 17.0 Å². The zero-order valence-electron chi connectivity index (χ0n) is 18.4. The number of aryl methyl sites for hydroxylation is 1. The van der Waals surface area contributed by atoms with Crippen LogP contribution in [0.5, 0.6) is 0 Å². The van der Waals surface area contributed by atoms with Crippen LogP contribution in [0.25, 0.3) is 10.2 Å². The Hall–Kier alpha value is -2.49. The molecule has 0 aliphatic rings. The average Bonchev–Trinajstić information content (AvgIpc) is 3.12. The van der Waals surface area contributed by atoms with E-state index in [0.29, 0.717) is 21.4 Å². The third kappa shape index (κ3) is 4.96. The number of rotatable bonds is 6. The predicted molar refractivity (Wildman–Crippen MR) is 137 cm³/mol. The number of halogens is 2. The predicted octanol–water partition coefficient (Wildman–Crippen LogP) is 5.50. The minimum atomic E-state index is -3.72. The van der Waals surface area contributed by atoms with Gasteiger partial charge in [0.1, 0.15) is 0 Å². The Bertz CT molecular complexity index is 1530. The Balaban J connectivity index is 1.61. The summed E-state index contributed by atoms with van der Waals surface area (Å²) in [6.07, 6.45) is 0. The summed E-state index contributed by atoms with van der Waals surface area (Å²) in [7, 11) is -1.95. The van der Waals surface area contributed by atoms with Gasteiger partial charge in [-0.1, -0.05) is 71.8 Å².